The second kappa shape index (κ2) is 6.57. The van der Waals surface area contributed by atoms with E-state index < -0.39 is 16.4 Å². The number of allylic oxidation sites excluding steroid dienone is 1. The topological polar surface area (TPSA) is 114 Å². The van der Waals surface area contributed by atoms with Crippen molar-refractivity contribution in [3.05, 3.63) is 57.9 Å². The first kappa shape index (κ1) is 17.0. The summed E-state index contributed by atoms with van der Waals surface area (Å²) < 4.78 is 6.76. The zero-order chi connectivity index (χ0) is 18.8. The molecule has 3 aromatic rings. The molecule has 0 bridgehead atoms. The average Bonchev–Trinajstić information content (AvgIpc) is 2.97. The number of phenols is 1. The van der Waals surface area contributed by atoms with Gasteiger partial charge in [-0.2, -0.15) is 5.26 Å². The highest BCUT2D eigenvalue weighted by atomic mass is 16.6. The van der Waals surface area contributed by atoms with Gasteiger partial charge in [-0.05, 0) is 29.8 Å². The van der Waals surface area contributed by atoms with E-state index in [4.69, 9.17) is 4.74 Å². The van der Waals surface area contributed by atoms with Crippen LogP contribution in [-0.4, -0.2) is 26.7 Å². The number of benzene rings is 2. The van der Waals surface area contributed by atoms with Crippen molar-refractivity contribution in [3.63, 3.8) is 0 Å². The summed E-state index contributed by atoms with van der Waals surface area (Å²) in [7, 11) is 3.08. The van der Waals surface area contributed by atoms with E-state index >= 15 is 0 Å². The highest BCUT2D eigenvalue weighted by Crippen LogP contribution is 2.37. The summed E-state index contributed by atoms with van der Waals surface area (Å²) in [5.74, 6) is -0.174. The zero-order valence-electron chi connectivity index (χ0n) is 14.0. The molecule has 0 fully saturated rings. The van der Waals surface area contributed by atoms with Crippen LogP contribution in [0.3, 0.4) is 0 Å². The fourth-order valence-corrected chi connectivity index (χ4v) is 2.69. The molecule has 0 aliphatic rings. The van der Waals surface area contributed by atoms with E-state index in [0.717, 1.165) is 11.0 Å². The molecular formula is C18H14N4O4. The number of rotatable bonds is 4. The number of methoxy groups -OCH3 is 1. The van der Waals surface area contributed by atoms with Crippen LogP contribution >= 0.6 is 0 Å². The Labute approximate surface area is 148 Å². The number of nitriles is 1. The Bertz CT molecular complexity index is 1090. The predicted molar refractivity (Wildman–Crippen MR) is 95.5 cm³/mol. The average molecular weight is 350 g/mol. The maximum atomic E-state index is 11.1. The van der Waals surface area contributed by atoms with Gasteiger partial charge in [0.25, 0.3) is 0 Å². The third-order valence-electron chi connectivity index (χ3n) is 3.95. The Balaban J connectivity index is 2.18. The molecular weight excluding hydrogens is 336 g/mol. The normalized spacial score (nSPS) is 11.3. The van der Waals surface area contributed by atoms with Crippen LogP contribution in [-0.2, 0) is 7.05 Å². The first-order chi connectivity index (χ1) is 12.5. The van der Waals surface area contributed by atoms with Crippen molar-refractivity contribution >= 4 is 28.4 Å². The van der Waals surface area contributed by atoms with Crippen molar-refractivity contribution in [3.8, 4) is 17.6 Å². The molecule has 1 heterocycles. The largest absolute Gasteiger partial charge is 0.500 e. The number of ether oxygens (including phenoxy) is 1. The van der Waals surface area contributed by atoms with Gasteiger partial charge in [0.15, 0.2) is 11.6 Å². The van der Waals surface area contributed by atoms with Gasteiger partial charge < -0.3 is 14.4 Å². The quantitative estimate of drug-likeness (QED) is 0.439. The minimum Gasteiger partial charge on any atom is -0.500 e. The Morgan fingerprint density at radius 3 is 2.77 bits per heavy atom. The molecule has 0 amide bonds. The van der Waals surface area contributed by atoms with E-state index in [2.05, 4.69) is 11.1 Å². The lowest BCUT2D eigenvalue weighted by Crippen LogP contribution is -1.97. The Morgan fingerprint density at radius 1 is 1.42 bits per heavy atom. The first-order valence-electron chi connectivity index (χ1n) is 7.55. The second-order valence-electron chi connectivity index (χ2n) is 5.50. The van der Waals surface area contributed by atoms with Crippen LogP contribution in [0.4, 0.5) is 5.69 Å². The SMILES string of the molecule is COc1cc(/C=C(\C#N)c2nc3ccccc3n2C)cc([N+](=O)[O-])c1O. The molecule has 0 atom stereocenters. The molecule has 8 heteroatoms. The fraction of sp³-hybridized carbons (Fsp3) is 0.111. The molecule has 2 aromatic carbocycles. The van der Waals surface area contributed by atoms with Gasteiger partial charge in [-0.3, -0.25) is 10.1 Å². The van der Waals surface area contributed by atoms with Crippen LogP contribution < -0.4 is 4.74 Å². The molecule has 0 aliphatic carbocycles. The number of aromatic hydroxyl groups is 1. The van der Waals surface area contributed by atoms with E-state index in [9.17, 15) is 20.5 Å². The highest BCUT2D eigenvalue weighted by molar-refractivity contribution is 5.91. The third-order valence-corrected chi connectivity index (χ3v) is 3.95. The second-order valence-corrected chi connectivity index (χ2v) is 5.50. The first-order valence-corrected chi connectivity index (χ1v) is 7.55. The van der Waals surface area contributed by atoms with E-state index in [1.165, 1.54) is 25.3 Å². The van der Waals surface area contributed by atoms with Crippen LogP contribution in [0.5, 0.6) is 11.5 Å². The lowest BCUT2D eigenvalue weighted by molar-refractivity contribution is -0.386. The van der Waals surface area contributed by atoms with Crippen molar-refractivity contribution in [2.24, 2.45) is 7.05 Å². The molecule has 0 unspecified atom stereocenters. The molecule has 26 heavy (non-hydrogen) atoms. The molecule has 1 N–H and O–H groups in total. The van der Waals surface area contributed by atoms with Crippen LogP contribution in [0, 0.1) is 21.4 Å². The molecule has 0 saturated heterocycles. The summed E-state index contributed by atoms with van der Waals surface area (Å²) in [5.41, 5.74) is 1.66. The number of aromatic nitrogens is 2. The van der Waals surface area contributed by atoms with Crippen molar-refractivity contribution in [1.82, 2.24) is 9.55 Å². The molecule has 8 nitrogen and oxygen atoms in total. The minimum atomic E-state index is -0.712. The molecule has 0 aliphatic heterocycles. The maximum absolute atomic E-state index is 11.1. The highest BCUT2D eigenvalue weighted by Gasteiger charge is 2.20. The lowest BCUT2D eigenvalue weighted by Gasteiger charge is -2.06. The van der Waals surface area contributed by atoms with Crippen LogP contribution in [0.15, 0.2) is 36.4 Å². The number of nitrogens with zero attached hydrogens (tertiary/aromatic N) is 4. The summed E-state index contributed by atoms with van der Waals surface area (Å²) in [6.07, 6.45) is 1.47. The molecule has 130 valence electrons. The van der Waals surface area contributed by atoms with Crippen molar-refractivity contribution < 1.29 is 14.8 Å². The van der Waals surface area contributed by atoms with E-state index in [1.54, 1.807) is 11.6 Å². The summed E-state index contributed by atoms with van der Waals surface area (Å²) in [4.78, 5) is 14.9. The summed E-state index contributed by atoms with van der Waals surface area (Å²) >= 11 is 0. The molecule has 0 spiro atoms. The number of nitro groups is 1. The van der Waals surface area contributed by atoms with Crippen molar-refractivity contribution in [2.75, 3.05) is 7.11 Å². The number of aryl methyl sites for hydroxylation is 1. The third kappa shape index (κ3) is 2.82. The summed E-state index contributed by atoms with van der Waals surface area (Å²) in [6.45, 7) is 0. The Hall–Kier alpha value is -3.86. The van der Waals surface area contributed by atoms with Gasteiger partial charge in [0.2, 0.25) is 5.75 Å². The number of phenolic OH excluding ortho intramolecular Hbond substituents is 1. The predicted octanol–water partition coefficient (Wildman–Crippen LogP) is 3.26. The number of hydrogen-bond acceptors (Lipinski definition) is 6. The fourth-order valence-electron chi connectivity index (χ4n) is 2.69. The molecule has 0 saturated carbocycles. The Morgan fingerprint density at radius 2 is 2.15 bits per heavy atom. The standard InChI is InChI=1S/C18H14N4O4/c1-21-14-6-4-3-5-13(14)20-18(21)12(10-19)7-11-8-15(22(24)25)17(23)16(9-11)26-2/h3-9,23H,1-2H3/b12-7+. The zero-order valence-corrected chi connectivity index (χ0v) is 14.0. The summed E-state index contributed by atoms with van der Waals surface area (Å²) in [5, 5.41) is 30.6. The van der Waals surface area contributed by atoms with Gasteiger partial charge in [-0.25, -0.2) is 4.98 Å². The number of fused-ring (bicyclic) bond motifs is 1. The molecule has 1 aromatic heterocycles. The van der Waals surface area contributed by atoms with Gasteiger partial charge in [0, 0.05) is 13.1 Å². The van der Waals surface area contributed by atoms with Gasteiger partial charge in [-0.1, -0.05) is 12.1 Å². The van der Waals surface area contributed by atoms with Gasteiger partial charge >= 0.3 is 5.69 Å². The number of para-hydroxylation sites is 2. The van der Waals surface area contributed by atoms with Crippen LogP contribution in [0.25, 0.3) is 22.7 Å². The van der Waals surface area contributed by atoms with Gasteiger partial charge in [0.05, 0.1) is 28.6 Å². The van der Waals surface area contributed by atoms with Gasteiger partial charge in [-0.15, -0.1) is 0 Å². The number of imidazole rings is 1. The Kier molecular flexibility index (Phi) is 4.29. The van der Waals surface area contributed by atoms with Gasteiger partial charge in [0.1, 0.15) is 6.07 Å². The lowest BCUT2D eigenvalue weighted by atomic mass is 10.1. The van der Waals surface area contributed by atoms with E-state index in [1.807, 2.05) is 24.3 Å². The molecule has 0 radical (unpaired) electrons. The smallest absolute Gasteiger partial charge is 0.315 e. The molecule has 3 rings (SSSR count). The van der Waals surface area contributed by atoms with E-state index in [-0.39, 0.29) is 11.3 Å². The number of nitro benzene ring substituents is 1. The maximum Gasteiger partial charge on any atom is 0.315 e. The monoisotopic (exact) mass is 350 g/mol. The minimum absolute atomic E-state index is 0.0484. The van der Waals surface area contributed by atoms with E-state index in [0.29, 0.717) is 11.4 Å². The van der Waals surface area contributed by atoms with Crippen molar-refractivity contribution in [1.29, 1.82) is 5.26 Å². The van der Waals surface area contributed by atoms with Crippen LogP contribution in [0.1, 0.15) is 11.4 Å². The number of hydrogen-bond donors (Lipinski definition) is 1. The summed E-state index contributed by atoms with van der Waals surface area (Å²) in [6, 6.07) is 12.1. The van der Waals surface area contributed by atoms with Crippen LogP contribution in [0.2, 0.25) is 0 Å². The van der Waals surface area contributed by atoms with Crippen molar-refractivity contribution in [2.45, 2.75) is 0 Å².